The maximum Gasteiger partial charge on any atom is 0.236 e. The Labute approximate surface area is 144 Å². The first-order chi connectivity index (χ1) is 11.5. The molecule has 2 aliphatic rings. The van der Waals surface area contributed by atoms with Gasteiger partial charge in [-0.2, -0.15) is 0 Å². The SMILES string of the molecule is CNCC(=O)N1CCC2(CC1)C[C@@H](c1ccccc1)C(=O)N(C)C2. The molecule has 1 atom stereocenters. The summed E-state index contributed by atoms with van der Waals surface area (Å²) in [6.45, 7) is 2.80. The number of rotatable bonds is 3. The molecule has 2 saturated heterocycles. The molecule has 5 heteroatoms. The molecular weight excluding hydrogens is 302 g/mol. The summed E-state index contributed by atoms with van der Waals surface area (Å²) < 4.78 is 0. The van der Waals surface area contributed by atoms with Crippen LogP contribution in [0.5, 0.6) is 0 Å². The smallest absolute Gasteiger partial charge is 0.236 e. The summed E-state index contributed by atoms with van der Waals surface area (Å²) in [4.78, 5) is 28.6. The number of likely N-dealkylation sites (tertiary alicyclic amines) is 2. The van der Waals surface area contributed by atoms with E-state index in [1.165, 1.54) is 0 Å². The van der Waals surface area contributed by atoms with Crippen LogP contribution in [0.25, 0.3) is 0 Å². The van der Waals surface area contributed by atoms with Crippen LogP contribution in [0.3, 0.4) is 0 Å². The quantitative estimate of drug-likeness (QED) is 0.913. The summed E-state index contributed by atoms with van der Waals surface area (Å²) in [6, 6.07) is 10.1. The van der Waals surface area contributed by atoms with E-state index in [2.05, 4.69) is 17.4 Å². The Morgan fingerprint density at radius 1 is 1.25 bits per heavy atom. The second kappa shape index (κ2) is 6.93. The molecule has 0 aliphatic carbocycles. The third-order valence-electron chi connectivity index (χ3n) is 5.59. The number of nitrogens with one attached hydrogen (secondary N) is 1. The minimum atomic E-state index is -0.0514. The Balaban J connectivity index is 1.73. The van der Waals surface area contributed by atoms with Gasteiger partial charge in [-0.15, -0.1) is 0 Å². The summed E-state index contributed by atoms with van der Waals surface area (Å²) in [5.41, 5.74) is 1.25. The lowest BCUT2D eigenvalue weighted by molar-refractivity contribution is -0.142. The summed E-state index contributed by atoms with van der Waals surface area (Å²) in [5.74, 6) is 0.345. The molecule has 0 aromatic heterocycles. The summed E-state index contributed by atoms with van der Waals surface area (Å²) in [5, 5.41) is 2.93. The van der Waals surface area contributed by atoms with Gasteiger partial charge in [0.25, 0.3) is 0 Å². The zero-order valence-corrected chi connectivity index (χ0v) is 14.6. The van der Waals surface area contributed by atoms with Gasteiger partial charge >= 0.3 is 0 Å². The van der Waals surface area contributed by atoms with Crippen LogP contribution in [0.2, 0.25) is 0 Å². The Hall–Kier alpha value is -1.88. The van der Waals surface area contributed by atoms with Gasteiger partial charge in [0.15, 0.2) is 0 Å². The molecule has 2 heterocycles. The van der Waals surface area contributed by atoms with Gasteiger partial charge in [-0.25, -0.2) is 0 Å². The van der Waals surface area contributed by atoms with Gasteiger partial charge in [-0.05, 0) is 37.3 Å². The molecule has 0 saturated carbocycles. The van der Waals surface area contributed by atoms with Crippen molar-refractivity contribution in [3.63, 3.8) is 0 Å². The third-order valence-corrected chi connectivity index (χ3v) is 5.59. The Bertz CT molecular complexity index is 594. The maximum absolute atomic E-state index is 12.7. The van der Waals surface area contributed by atoms with Crippen molar-refractivity contribution in [2.75, 3.05) is 40.3 Å². The number of benzene rings is 1. The summed E-state index contributed by atoms with van der Waals surface area (Å²) in [6.07, 6.45) is 2.85. The van der Waals surface area contributed by atoms with Gasteiger partial charge in [0.05, 0.1) is 12.5 Å². The van der Waals surface area contributed by atoms with Crippen LogP contribution in [0.4, 0.5) is 0 Å². The fourth-order valence-electron chi connectivity index (χ4n) is 4.23. The zero-order valence-electron chi connectivity index (χ0n) is 14.6. The molecule has 1 spiro atoms. The van der Waals surface area contributed by atoms with Crippen molar-refractivity contribution in [3.8, 4) is 0 Å². The molecule has 0 unspecified atom stereocenters. The Morgan fingerprint density at radius 2 is 1.92 bits per heavy atom. The lowest BCUT2D eigenvalue weighted by Gasteiger charge is -2.49. The molecule has 130 valence electrons. The van der Waals surface area contributed by atoms with E-state index in [0.717, 1.165) is 44.5 Å². The van der Waals surface area contributed by atoms with Gasteiger partial charge in [0, 0.05) is 26.7 Å². The highest BCUT2D eigenvalue weighted by Gasteiger charge is 2.45. The first-order valence-electron chi connectivity index (χ1n) is 8.77. The second-order valence-electron chi connectivity index (χ2n) is 7.27. The summed E-state index contributed by atoms with van der Waals surface area (Å²) in [7, 11) is 3.72. The van der Waals surface area contributed by atoms with Crippen molar-refractivity contribution < 1.29 is 9.59 Å². The van der Waals surface area contributed by atoms with Gasteiger partial charge in [0.1, 0.15) is 0 Å². The van der Waals surface area contributed by atoms with Crippen LogP contribution in [-0.2, 0) is 9.59 Å². The van der Waals surface area contributed by atoms with Crippen molar-refractivity contribution in [2.24, 2.45) is 5.41 Å². The van der Waals surface area contributed by atoms with Gasteiger partial charge in [0.2, 0.25) is 11.8 Å². The number of carbonyl (C=O) groups excluding carboxylic acids is 2. The van der Waals surface area contributed by atoms with Crippen molar-refractivity contribution in [1.82, 2.24) is 15.1 Å². The molecule has 3 rings (SSSR count). The number of likely N-dealkylation sites (N-methyl/N-ethyl adjacent to an activating group) is 2. The van der Waals surface area contributed by atoms with Crippen molar-refractivity contribution in [3.05, 3.63) is 35.9 Å². The minimum Gasteiger partial charge on any atom is -0.345 e. The Morgan fingerprint density at radius 3 is 2.54 bits per heavy atom. The van der Waals surface area contributed by atoms with Crippen LogP contribution < -0.4 is 5.32 Å². The van der Waals surface area contributed by atoms with Crippen LogP contribution in [0.15, 0.2) is 30.3 Å². The van der Waals surface area contributed by atoms with Gasteiger partial charge in [-0.3, -0.25) is 9.59 Å². The standard InChI is InChI=1S/C19H27N3O2/c1-20-13-17(23)22-10-8-19(9-11-22)12-16(18(24)21(2)14-19)15-6-4-3-5-7-15/h3-7,16,20H,8-14H2,1-2H3/t16-/m0/s1. The first kappa shape index (κ1) is 17.0. The van der Waals surface area contributed by atoms with E-state index >= 15 is 0 Å². The second-order valence-corrected chi connectivity index (χ2v) is 7.27. The fraction of sp³-hybridized carbons (Fsp3) is 0.579. The molecule has 2 fully saturated rings. The fourth-order valence-corrected chi connectivity index (χ4v) is 4.23. The van der Waals surface area contributed by atoms with Crippen LogP contribution in [0, 0.1) is 5.41 Å². The van der Waals surface area contributed by atoms with Crippen LogP contribution >= 0.6 is 0 Å². The monoisotopic (exact) mass is 329 g/mol. The van der Waals surface area contributed by atoms with Crippen LogP contribution in [0.1, 0.15) is 30.7 Å². The average molecular weight is 329 g/mol. The van der Waals surface area contributed by atoms with Crippen molar-refractivity contribution in [1.29, 1.82) is 0 Å². The number of piperidine rings is 2. The maximum atomic E-state index is 12.7. The van der Waals surface area contributed by atoms with E-state index in [1.807, 2.05) is 35.0 Å². The number of carbonyl (C=O) groups is 2. The highest BCUT2D eigenvalue weighted by molar-refractivity contribution is 5.84. The number of nitrogens with zero attached hydrogens (tertiary/aromatic N) is 2. The highest BCUT2D eigenvalue weighted by atomic mass is 16.2. The average Bonchev–Trinajstić information content (AvgIpc) is 2.60. The van der Waals surface area contributed by atoms with E-state index in [9.17, 15) is 9.59 Å². The van der Waals surface area contributed by atoms with Crippen molar-refractivity contribution >= 4 is 11.8 Å². The molecular formula is C19H27N3O2. The van der Waals surface area contributed by atoms with E-state index in [1.54, 1.807) is 7.05 Å². The van der Waals surface area contributed by atoms with Gasteiger partial charge in [-0.1, -0.05) is 30.3 Å². The van der Waals surface area contributed by atoms with E-state index in [4.69, 9.17) is 0 Å². The molecule has 0 bridgehead atoms. The number of amides is 2. The molecule has 5 nitrogen and oxygen atoms in total. The molecule has 1 aromatic rings. The Kier molecular flexibility index (Phi) is 4.90. The third kappa shape index (κ3) is 3.31. The normalized spacial score (nSPS) is 23.6. The number of hydrogen-bond donors (Lipinski definition) is 1. The largest absolute Gasteiger partial charge is 0.345 e. The molecule has 1 aromatic carbocycles. The zero-order chi connectivity index (χ0) is 17.2. The van der Waals surface area contributed by atoms with Crippen molar-refractivity contribution in [2.45, 2.75) is 25.2 Å². The lowest BCUT2D eigenvalue weighted by atomic mass is 9.67. The minimum absolute atomic E-state index is 0.0514. The van der Waals surface area contributed by atoms with E-state index < -0.39 is 0 Å². The first-order valence-corrected chi connectivity index (χ1v) is 8.77. The predicted molar refractivity (Wildman–Crippen MR) is 93.6 cm³/mol. The number of hydrogen-bond acceptors (Lipinski definition) is 3. The van der Waals surface area contributed by atoms with Crippen LogP contribution in [-0.4, -0.2) is 61.9 Å². The molecule has 1 N–H and O–H groups in total. The molecule has 2 amide bonds. The van der Waals surface area contributed by atoms with Gasteiger partial charge < -0.3 is 15.1 Å². The lowest BCUT2D eigenvalue weighted by Crippen LogP contribution is -2.54. The van der Waals surface area contributed by atoms with E-state index in [0.29, 0.717) is 6.54 Å². The molecule has 2 aliphatic heterocycles. The van der Waals surface area contributed by atoms with E-state index in [-0.39, 0.29) is 23.1 Å². The molecule has 24 heavy (non-hydrogen) atoms. The molecule has 0 radical (unpaired) electrons. The predicted octanol–water partition coefficient (Wildman–Crippen LogP) is 1.46. The highest BCUT2D eigenvalue weighted by Crippen LogP contribution is 2.45. The summed E-state index contributed by atoms with van der Waals surface area (Å²) >= 11 is 0. The topological polar surface area (TPSA) is 52.7 Å².